The van der Waals surface area contributed by atoms with Crippen LogP contribution in [0.2, 0.25) is 0 Å². The van der Waals surface area contributed by atoms with Gasteiger partial charge in [-0.1, -0.05) is 11.6 Å². The summed E-state index contributed by atoms with van der Waals surface area (Å²) < 4.78 is 13.1. The van der Waals surface area contributed by atoms with E-state index in [1.54, 1.807) is 6.07 Å². The van der Waals surface area contributed by atoms with Crippen molar-refractivity contribution in [2.45, 2.75) is 38.8 Å². The Morgan fingerprint density at radius 3 is 2.94 bits per heavy atom. The molecule has 0 spiro atoms. The van der Waals surface area contributed by atoms with Crippen LogP contribution in [-0.4, -0.2) is 17.3 Å². The van der Waals surface area contributed by atoms with Gasteiger partial charge in [0.25, 0.3) is 0 Å². The molecule has 0 saturated heterocycles. The number of benzene rings is 1. The SMILES string of the molecule is CC(C)=C[C@@H]1C[C@@H](O)Cc2cc(F)ccc2N1. The van der Waals surface area contributed by atoms with Gasteiger partial charge in [-0.3, -0.25) is 0 Å². The molecule has 0 fully saturated rings. The van der Waals surface area contributed by atoms with E-state index in [0.717, 1.165) is 11.3 Å². The lowest BCUT2D eigenvalue weighted by Gasteiger charge is -2.16. The van der Waals surface area contributed by atoms with Gasteiger partial charge in [0.15, 0.2) is 0 Å². The predicted molar refractivity (Wildman–Crippen MR) is 67.6 cm³/mol. The Kier molecular flexibility index (Phi) is 3.48. The molecular formula is C14H18FNO. The van der Waals surface area contributed by atoms with E-state index in [4.69, 9.17) is 0 Å². The first-order chi connectivity index (χ1) is 8.04. The monoisotopic (exact) mass is 235 g/mol. The van der Waals surface area contributed by atoms with Crippen molar-refractivity contribution in [3.05, 3.63) is 41.2 Å². The van der Waals surface area contributed by atoms with Gasteiger partial charge in [-0.05, 0) is 44.0 Å². The van der Waals surface area contributed by atoms with Crippen LogP contribution in [0.5, 0.6) is 0 Å². The third-order valence-corrected chi connectivity index (χ3v) is 2.92. The fraction of sp³-hybridized carbons (Fsp3) is 0.429. The highest BCUT2D eigenvalue weighted by Crippen LogP contribution is 2.25. The van der Waals surface area contributed by atoms with Crippen LogP contribution in [0, 0.1) is 5.82 Å². The lowest BCUT2D eigenvalue weighted by atomic mass is 10.0. The van der Waals surface area contributed by atoms with Crippen molar-refractivity contribution < 1.29 is 9.50 Å². The number of aliphatic hydroxyl groups excluding tert-OH is 1. The fourth-order valence-corrected chi connectivity index (χ4v) is 2.27. The van der Waals surface area contributed by atoms with Crippen LogP contribution in [0.15, 0.2) is 29.8 Å². The number of fused-ring (bicyclic) bond motifs is 1. The van der Waals surface area contributed by atoms with Gasteiger partial charge in [-0.2, -0.15) is 0 Å². The van der Waals surface area contributed by atoms with E-state index in [-0.39, 0.29) is 11.9 Å². The summed E-state index contributed by atoms with van der Waals surface area (Å²) in [5.41, 5.74) is 2.98. The lowest BCUT2D eigenvalue weighted by Crippen LogP contribution is -2.21. The summed E-state index contributed by atoms with van der Waals surface area (Å²) in [5.74, 6) is -0.251. The van der Waals surface area contributed by atoms with Crippen molar-refractivity contribution in [1.82, 2.24) is 0 Å². The third-order valence-electron chi connectivity index (χ3n) is 2.92. The highest BCUT2D eigenvalue weighted by Gasteiger charge is 2.20. The van der Waals surface area contributed by atoms with E-state index in [9.17, 15) is 9.50 Å². The van der Waals surface area contributed by atoms with Gasteiger partial charge in [-0.25, -0.2) is 4.39 Å². The second-order valence-electron chi connectivity index (χ2n) is 4.89. The van der Waals surface area contributed by atoms with Gasteiger partial charge in [0.1, 0.15) is 5.82 Å². The first-order valence-corrected chi connectivity index (χ1v) is 5.92. The molecule has 92 valence electrons. The Hall–Kier alpha value is -1.35. The highest BCUT2D eigenvalue weighted by atomic mass is 19.1. The number of rotatable bonds is 1. The van der Waals surface area contributed by atoms with Gasteiger partial charge < -0.3 is 10.4 Å². The molecule has 2 N–H and O–H groups in total. The molecule has 2 rings (SSSR count). The van der Waals surface area contributed by atoms with Crippen molar-refractivity contribution in [1.29, 1.82) is 0 Å². The predicted octanol–water partition coefficient (Wildman–Crippen LogP) is 2.88. The Morgan fingerprint density at radius 1 is 1.47 bits per heavy atom. The molecule has 0 saturated carbocycles. The molecule has 2 atom stereocenters. The summed E-state index contributed by atoms with van der Waals surface area (Å²) in [6, 6.07) is 4.80. The zero-order valence-electron chi connectivity index (χ0n) is 10.2. The van der Waals surface area contributed by atoms with E-state index in [1.807, 2.05) is 13.8 Å². The van der Waals surface area contributed by atoms with Crippen LogP contribution in [0.3, 0.4) is 0 Å². The van der Waals surface area contributed by atoms with E-state index in [2.05, 4.69) is 11.4 Å². The summed E-state index contributed by atoms with van der Waals surface area (Å²) in [7, 11) is 0. The molecule has 2 nitrogen and oxygen atoms in total. The number of halogens is 1. The molecule has 1 aromatic carbocycles. The molecule has 1 aliphatic heterocycles. The Bertz CT molecular complexity index is 438. The maximum absolute atomic E-state index is 13.1. The van der Waals surface area contributed by atoms with E-state index < -0.39 is 6.10 Å². The minimum absolute atomic E-state index is 0.113. The van der Waals surface area contributed by atoms with Crippen molar-refractivity contribution in [3.8, 4) is 0 Å². The van der Waals surface area contributed by atoms with Gasteiger partial charge in [0.05, 0.1) is 6.10 Å². The van der Waals surface area contributed by atoms with Gasteiger partial charge in [-0.15, -0.1) is 0 Å². The van der Waals surface area contributed by atoms with Crippen molar-refractivity contribution in [2.24, 2.45) is 0 Å². The first kappa shape index (κ1) is 12.1. The molecule has 0 radical (unpaired) electrons. The van der Waals surface area contributed by atoms with Crippen LogP contribution >= 0.6 is 0 Å². The number of nitrogens with one attached hydrogen (secondary N) is 1. The Balaban J connectivity index is 2.30. The zero-order valence-corrected chi connectivity index (χ0v) is 10.2. The van der Waals surface area contributed by atoms with Crippen LogP contribution < -0.4 is 5.32 Å². The topological polar surface area (TPSA) is 32.3 Å². The maximum Gasteiger partial charge on any atom is 0.123 e. The quantitative estimate of drug-likeness (QED) is 0.734. The van der Waals surface area contributed by atoms with Crippen molar-refractivity contribution >= 4 is 5.69 Å². The largest absolute Gasteiger partial charge is 0.393 e. The molecule has 0 aliphatic carbocycles. The highest BCUT2D eigenvalue weighted by molar-refractivity contribution is 5.54. The smallest absolute Gasteiger partial charge is 0.123 e. The van der Waals surface area contributed by atoms with E-state index in [1.165, 1.54) is 17.7 Å². The Morgan fingerprint density at radius 2 is 2.24 bits per heavy atom. The summed E-state index contributed by atoms with van der Waals surface area (Å²) in [6.07, 6.45) is 2.84. The van der Waals surface area contributed by atoms with E-state index in [0.29, 0.717) is 12.8 Å². The second kappa shape index (κ2) is 4.88. The Labute approximate surface area is 101 Å². The maximum atomic E-state index is 13.1. The molecule has 0 bridgehead atoms. The van der Waals surface area contributed by atoms with Gasteiger partial charge >= 0.3 is 0 Å². The van der Waals surface area contributed by atoms with Gasteiger partial charge in [0.2, 0.25) is 0 Å². The average molecular weight is 235 g/mol. The molecule has 1 heterocycles. The molecule has 1 aromatic rings. The molecule has 1 aliphatic rings. The van der Waals surface area contributed by atoms with Crippen LogP contribution in [0.1, 0.15) is 25.8 Å². The van der Waals surface area contributed by atoms with Gasteiger partial charge in [0, 0.05) is 18.2 Å². The van der Waals surface area contributed by atoms with Crippen LogP contribution in [-0.2, 0) is 6.42 Å². The number of hydrogen-bond donors (Lipinski definition) is 2. The van der Waals surface area contributed by atoms with Crippen molar-refractivity contribution in [2.75, 3.05) is 5.32 Å². The summed E-state index contributed by atoms with van der Waals surface area (Å²) in [4.78, 5) is 0. The number of aliphatic hydroxyl groups is 1. The molecule has 3 heteroatoms. The fourth-order valence-electron chi connectivity index (χ4n) is 2.27. The zero-order chi connectivity index (χ0) is 12.4. The van der Waals surface area contributed by atoms with E-state index >= 15 is 0 Å². The average Bonchev–Trinajstić information content (AvgIpc) is 2.34. The number of allylic oxidation sites excluding steroid dienone is 1. The second-order valence-corrected chi connectivity index (χ2v) is 4.89. The molecule has 17 heavy (non-hydrogen) atoms. The first-order valence-electron chi connectivity index (χ1n) is 5.92. The van der Waals surface area contributed by atoms with Crippen LogP contribution in [0.25, 0.3) is 0 Å². The minimum atomic E-state index is -0.425. The molecule has 0 aromatic heterocycles. The molecule has 0 amide bonds. The standard InChI is InChI=1S/C14H18FNO/c1-9(2)5-12-8-13(17)7-10-6-11(15)3-4-14(10)16-12/h3-6,12-13,16-17H,7-8H2,1-2H3/t12-,13+/m1/s1. The molecular weight excluding hydrogens is 217 g/mol. The number of hydrogen-bond acceptors (Lipinski definition) is 2. The summed E-state index contributed by atoms with van der Waals surface area (Å²) >= 11 is 0. The molecule has 0 unspecified atom stereocenters. The van der Waals surface area contributed by atoms with Crippen LogP contribution in [0.4, 0.5) is 10.1 Å². The number of anilines is 1. The minimum Gasteiger partial charge on any atom is -0.393 e. The summed E-state index contributed by atoms with van der Waals surface area (Å²) in [6.45, 7) is 4.06. The third kappa shape index (κ3) is 3.07. The lowest BCUT2D eigenvalue weighted by molar-refractivity contribution is 0.165. The summed E-state index contributed by atoms with van der Waals surface area (Å²) in [5, 5.41) is 13.3. The van der Waals surface area contributed by atoms with Crippen molar-refractivity contribution in [3.63, 3.8) is 0 Å². The normalized spacial score (nSPS) is 23.3.